The van der Waals surface area contributed by atoms with Gasteiger partial charge in [-0.3, -0.25) is 9.59 Å². The van der Waals surface area contributed by atoms with E-state index in [4.69, 9.17) is 4.52 Å². The molecule has 3 rings (SSSR count). The molecule has 0 spiro atoms. The maximum absolute atomic E-state index is 13.0. The zero-order chi connectivity index (χ0) is 23.1. The number of carbonyl (C=O) groups excluding carboxylic acids is 2. The minimum atomic E-state index is -0.325. The van der Waals surface area contributed by atoms with E-state index in [9.17, 15) is 14.0 Å². The Hall–Kier alpha value is -3.55. The van der Waals surface area contributed by atoms with Crippen molar-refractivity contribution in [2.24, 2.45) is 0 Å². The summed E-state index contributed by atoms with van der Waals surface area (Å²) in [5.74, 6) is 0.510. The van der Waals surface area contributed by atoms with Gasteiger partial charge in [-0.2, -0.15) is 4.98 Å². The van der Waals surface area contributed by atoms with Gasteiger partial charge in [0.25, 0.3) is 5.91 Å². The first kappa shape index (κ1) is 23.1. The van der Waals surface area contributed by atoms with Gasteiger partial charge in [-0.05, 0) is 55.3 Å². The molecule has 2 aromatic carbocycles. The van der Waals surface area contributed by atoms with Crippen molar-refractivity contribution in [3.63, 3.8) is 0 Å². The van der Waals surface area contributed by atoms with Crippen molar-refractivity contribution in [3.05, 3.63) is 71.4 Å². The monoisotopic (exact) mass is 438 g/mol. The van der Waals surface area contributed by atoms with Crippen LogP contribution in [0, 0.1) is 5.82 Å². The van der Waals surface area contributed by atoms with Crippen LogP contribution in [0.2, 0.25) is 0 Å². The number of amides is 2. The van der Waals surface area contributed by atoms with Crippen molar-refractivity contribution in [1.82, 2.24) is 19.9 Å². The van der Waals surface area contributed by atoms with Gasteiger partial charge in [-0.1, -0.05) is 17.3 Å². The molecule has 0 saturated carbocycles. The molecular formula is C24H27FN4O3. The number of aryl methyl sites for hydroxylation is 1. The van der Waals surface area contributed by atoms with E-state index in [1.54, 1.807) is 43.3 Å². The summed E-state index contributed by atoms with van der Waals surface area (Å²) in [6.07, 6.45) is 1.43. The molecule has 0 N–H and O–H groups in total. The molecule has 0 aliphatic rings. The molecule has 3 aromatic rings. The zero-order valence-electron chi connectivity index (χ0n) is 18.5. The van der Waals surface area contributed by atoms with E-state index >= 15 is 0 Å². The van der Waals surface area contributed by atoms with E-state index in [1.807, 2.05) is 19.1 Å². The highest BCUT2D eigenvalue weighted by Crippen LogP contribution is 2.17. The van der Waals surface area contributed by atoms with E-state index in [1.165, 1.54) is 17.0 Å². The summed E-state index contributed by atoms with van der Waals surface area (Å²) in [6, 6.07) is 13.2. The molecule has 8 heteroatoms. The molecule has 32 heavy (non-hydrogen) atoms. The average molecular weight is 439 g/mol. The maximum Gasteiger partial charge on any atom is 0.253 e. The first-order valence-corrected chi connectivity index (χ1v) is 10.5. The molecule has 7 nitrogen and oxygen atoms in total. The van der Waals surface area contributed by atoms with Crippen molar-refractivity contribution >= 4 is 11.8 Å². The molecule has 0 aliphatic carbocycles. The molecule has 0 radical (unpaired) electrons. The van der Waals surface area contributed by atoms with E-state index in [0.29, 0.717) is 55.2 Å². The van der Waals surface area contributed by atoms with Gasteiger partial charge < -0.3 is 14.3 Å². The van der Waals surface area contributed by atoms with Crippen LogP contribution in [-0.4, -0.2) is 52.4 Å². The third-order valence-electron chi connectivity index (χ3n) is 5.07. The topological polar surface area (TPSA) is 79.5 Å². The Balaban J connectivity index is 1.50. The number of aromatic nitrogens is 2. The van der Waals surface area contributed by atoms with Crippen LogP contribution in [-0.2, 0) is 17.8 Å². The van der Waals surface area contributed by atoms with Crippen LogP contribution in [0.4, 0.5) is 4.39 Å². The van der Waals surface area contributed by atoms with Gasteiger partial charge in [0.05, 0.1) is 0 Å². The Bertz CT molecular complexity index is 1050. The maximum atomic E-state index is 13.0. The highest BCUT2D eigenvalue weighted by atomic mass is 19.1. The molecule has 0 atom stereocenters. The summed E-state index contributed by atoms with van der Waals surface area (Å²) >= 11 is 0. The quantitative estimate of drug-likeness (QED) is 0.505. The molecule has 1 heterocycles. The fourth-order valence-electron chi connectivity index (χ4n) is 3.23. The predicted octanol–water partition coefficient (Wildman–Crippen LogP) is 3.95. The Morgan fingerprint density at radius 1 is 1.03 bits per heavy atom. The summed E-state index contributed by atoms with van der Waals surface area (Å²) < 4.78 is 18.3. The Labute approximate surface area is 186 Å². The van der Waals surface area contributed by atoms with Gasteiger partial charge >= 0.3 is 0 Å². The number of hydrogen-bond donors (Lipinski definition) is 0. The molecule has 0 unspecified atom stereocenters. The minimum absolute atomic E-state index is 0.0409. The summed E-state index contributed by atoms with van der Waals surface area (Å²) in [5, 5.41) is 3.92. The second-order valence-electron chi connectivity index (χ2n) is 7.68. The lowest BCUT2D eigenvalue weighted by atomic mass is 10.1. The first-order valence-electron chi connectivity index (χ1n) is 10.5. The van der Waals surface area contributed by atoms with Crippen molar-refractivity contribution in [2.45, 2.75) is 32.7 Å². The third-order valence-corrected chi connectivity index (χ3v) is 5.07. The van der Waals surface area contributed by atoms with E-state index in [-0.39, 0.29) is 17.6 Å². The summed E-state index contributed by atoms with van der Waals surface area (Å²) in [7, 11) is 3.43. The Morgan fingerprint density at radius 2 is 1.72 bits per heavy atom. The summed E-state index contributed by atoms with van der Waals surface area (Å²) in [5.41, 5.74) is 2.26. The smallest absolute Gasteiger partial charge is 0.253 e. The normalized spacial score (nSPS) is 10.8. The van der Waals surface area contributed by atoms with Crippen molar-refractivity contribution in [1.29, 1.82) is 0 Å². The molecular weight excluding hydrogens is 411 g/mol. The average Bonchev–Trinajstić information content (AvgIpc) is 3.26. The third kappa shape index (κ3) is 6.00. The highest BCUT2D eigenvalue weighted by Gasteiger charge is 2.15. The Morgan fingerprint density at radius 3 is 2.34 bits per heavy atom. The number of carbonyl (C=O) groups is 2. The van der Waals surface area contributed by atoms with Gasteiger partial charge in [0.2, 0.25) is 17.6 Å². The predicted molar refractivity (Wildman–Crippen MR) is 118 cm³/mol. The number of rotatable bonds is 9. The van der Waals surface area contributed by atoms with Gasteiger partial charge in [-0.15, -0.1) is 0 Å². The van der Waals surface area contributed by atoms with Crippen LogP contribution in [0.15, 0.2) is 53.1 Å². The standard InChI is InChI=1S/C24H27FN4O3/c1-4-29(16-17-8-10-19(11-9-17)24(31)28(2)3)22(30)7-5-6-21-26-23(27-32-21)18-12-14-20(25)15-13-18/h8-15H,4-7,16H2,1-3H3. The Kier molecular flexibility index (Phi) is 7.70. The molecule has 0 aliphatic heterocycles. The highest BCUT2D eigenvalue weighted by molar-refractivity contribution is 5.93. The molecule has 1 aromatic heterocycles. The lowest BCUT2D eigenvalue weighted by Gasteiger charge is -2.21. The van der Waals surface area contributed by atoms with Crippen LogP contribution < -0.4 is 0 Å². The first-order chi connectivity index (χ1) is 15.4. The van der Waals surface area contributed by atoms with Crippen LogP contribution in [0.3, 0.4) is 0 Å². The van der Waals surface area contributed by atoms with Crippen molar-refractivity contribution < 1.29 is 18.5 Å². The van der Waals surface area contributed by atoms with Crippen molar-refractivity contribution in [2.75, 3.05) is 20.6 Å². The van der Waals surface area contributed by atoms with E-state index in [2.05, 4.69) is 10.1 Å². The van der Waals surface area contributed by atoms with Gasteiger partial charge in [0.15, 0.2) is 0 Å². The number of halogens is 1. The molecule has 168 valence electrons. The van der Waals surface area contributed by atoms with Crippen LogP contribution in [0.1, 0.15) is 41.6 Å². The van der Waals surface area contributed by atoms with Gasteiger partial charge in [-0.25, -0.2) is 4.39 Å². The lowest BCUT2D eigenvalue weighted by molar-refractivity contribution is -0.131. The second kappa shape index (κ2) is 10.7. The number of benzene rings is 2. The molecule has 2 amide bonds. The molecule has 0 fully saturated rings. The summed E-state index contributed by atoms with van der Waals surface area (Å²) in [6.45, 7) is 3.02. The van der Waals surface area contributed by atoms with Crippen LogP contribution in [0.25, 0.3) is 11.4 Å². The molecule has 0 bridgehead atoms. The van der Waals surface area contributed by atoms with Crippen LogP contribution >= 0.6 is 0 Å². The summed E-state index contributed by atoms with van der Waals surface area (Å²) in [4.78, 5) is 32.3. The number of hydrogen-bond acceptors (Lipinski definition) is 5. The lowest BCUT2D eigenvalue weighted by Crippen LogP contribution is -2.30. The largest absolute Gasteiger partial charge is 0.345 e. The zero-order valence-corrected chi connectivity index (χ0v) is 18.5. The van der Waals surface area contributed by atoms with Crippen molar-refractivity contribution in [3.8, 4) is 11.4 Å². The second-order valence-corrected chi connectivity index (χ2v) is 7.68. The van der Waals surface area contributed by atoms with Gasteiger partial charge in [0.1, 0.15) is 5.82 Å². The minimum Gasteiger partial charge on any atom is -0.345 e. The van der Waals surface area contributed by atoms with Crippen LogP contribution in [0.5, 0.6) is 0 Å². The van der Waals surface area contributed by atoms with E-state index in [0.717, 1.165) is 5.56 Å². The molecule has 0 saturated heterocycles. The van der Waals surface area contributed by atoms with E-state index < -0.39 is 0 Å². The van der Waals surface area contributed by atoms with Gasteiger partial charge in [0, 0.05) is 51.2 Å². The number of nitrogens with zero attached hydrogens (tertiary/aromatic N) is 4. The fourth-order valence-corrected chi connectivity index (χ4v) is 3.23. The fraction of sp³-hybridized carbons (Fsp3) is 0.333. The SMILES string of the molecule is CCN(Cc1ccc(C(=O)N(C)C)cc1)C(=O)CCCc1nc(-c2ccc(F)cc2)no1.